The van der Waals surface area contributed by atoms with Crippen molar-refractivity contribution in [3.63, 3.8) is 0 Å². The minimum atomic E-state index is -0.621. The van der Waals surface area contributed by atoms with Gasteiger partial charge in [0.1, 0.15) is 6.61 Å². The summed E-state index contributed by atoms with van der Waals surface area (Å²) in [4.78, 5) is 13.3. The van der Waals surface area contributed by atoms with Gasteiger partial charge in [-0.3, -0.25) is 0 Å². The number of ether oxygens (including phenoxy) is 1. The van der Waals surface area contributed by atoms with Crippen molar-refractivity contribution in [2.24, 2.45) is 5.92 Å². The molecular formula is C12H18N2O2. The topological polar surface area (TPSA) is 62.7 Å². The summed E-state index contributed by atoms with van der Waals surface area (Å²) in [6.07, 6.45) is 12.4. The van der Waals surface area contributed by atoms with Gasteiger partial charge in [-0.05, 0) is 12.3 Å². The smallest absolute Gasteiger partial charge is 0.413 e. The van der Waals surface area contributed by atoms with Crippen LogP contribution in [0.25, 0.3) is 5.53 Å². The molecule has 4 nitrogen and oxygen atoms in total. The molecule has 0 heterocycles. The zero-order valence-electron chi connectivity index (χ0n) is 9.47. The van der Waals surface area contributed by atoms with Gasteiger partial charge in [-0.2, -0.15) is 4.79 Å². The maximum Gasteiger partial charge on any atom is 0.413 e. The average Bonchev–Trinajstić information content (AvgIpc) is 2.30. The van der Waals surface area contributed by atoms with Crippen molar-refractivity contribution in [2.45, 2.75) is 38.5 Å². The van der Waals surface area contributed by atoms with Gasteiger partial charge in [0.05, 0.1) is 0 Å². The lowest BCUT2D eigenvalue weighted by Crippen LogP contribution is -2.06. The van der Waals surface area contributed by atoms with Crippen molar-refractivity contribution >= 4 is 12.2 Å². The third-order valence-corrected chi connectivity index (χ3v) is 2.85. The molecule has 0 aromatic rings. The Balaban J connectivity index is 2.07. The van der Waals surface area contributed by atoms with Crippen LogP contribution in [0.3, 0.4) is 0 Å². The molecule has 0 saturated heterocycles. The molecule has 0 aromatic carbocycles. The molecule has 1 fully saturated rings. The number of hydrogen-bond acceptors (Lipinski definition) is 2. The Morgan fingerprint density at radius 2 is 2.06 bits per heavy atom. The van der Waals surface area contributed by atoms with E-state index in [2.05, 4.69) is 10.9 Å². The van der Waals surface area contributed by atoms with Crippen LogP contribution in [0.2, 0.25) is 0 Å². The number of carbonyl (C=O) groups is 1. The minimum absolute atomic E-state index is 0.248. The molecule has 4 heteroatoms. The molecule has 0 radical (unpaired) electrons. The number of rotatable bonds is 5. The van der Waals surface area contributed by atoms with Crippen LogP contribution in [0.15, 0.2) is 12.2 Å². The molecule has 0 atom stereocenters. The highest BCUT2D eigenvalue weighted by atomic mass is 16.5. The van der Waals surface area contributed by atoms with Gasteiger partial charge < -0.3 is 10.3 Å². The van der Waals surface area contributed by atoms with Crippen molar-refractivity contribution in [2.75, 3.05) is 6.61 Å². The Bertz CT molecular complexity index is 287. The zero-order valence-corrected chi connectivity index (χ0v) is 9.47. The summed E-state index contributed by atoms with van der Waals surface area (Å²) in [7, 11) is 0. The Morgan fingerprint density at radius 1 is 1.31 bits per heavy atom. The van der Waals surface area contributed by atoms with Gasteiger partial charge in [-0.15, -0.1) is 0 Å². The molecule has 0 amide bonds. The first-order valence-electron chi connectivity index (χ1n) is 5.82. The highest BCUT2D eigenvalue weighted by Crippen LogP contribution is 2.26. The first-order valence-corrected chi connectivity index (χ1v) is 5.82. The van der Waals surface area contributed by atoms with E-state index in [-0.39, 0.29) is 6.61 Å². The first kappa shape index (κ1) is 12.7. The van der Waals surface area contributed by atoms with E-state index in [1.165, 1.54) is 32.1 Å². The van der Waals surface area contributed by atoms with Crippen LogP contribution in [0.4, 0.5) is 0 Å². The van der Waals surface area contributed by atoms with Crippen LogP contribution in [0.5, 0.6) is 0 Å². The van der Waals surface area contributed by atoms with Crippen molar-refractivity contribution in [1.29, 1.82) is 0 Å². The van der Waals surface area contributed by atoms with Crippen molar-refractivity contribution in [3.8, 4) is 0 Å². The monoisotopic (exact) mass is 222 g/mol. The highest BCUT2D eigenvalue weighted by Gasteiger charge is 2.11. The second-order valence-electron chi connectivity index (χ2n) is 4.09. The Hall–Kier alpha value is -1.41. The van der Waals surface area contributed by atoms with Gasteiger partial charge >= 0.3 is 12.2 Å². The lowest BCUT2D eigenvalue weighted by atomic mass is 9.87. The van der Waals surface area contributed by atoms with Gasteiger partial charge in [0.2, 0.25) is 0 Å². The van der Waals surface area contributed by atoms with Crippen molar-refractivity contribution in [1.82, 2.24) is 0 Å². The van der Waals surface area contributed by atoms with Crippen LogP contribution in [-0.4, -0.2) is 23.6 Å². The fourth-order valence-corrected chi connectivity index (χ4v) is 1.99. The maximum absolute atomic E-state index is 10.7. The molecule has 1 saturated carbocycles. The summed E-state index contributed by atoms with van der Waals surface area (Å²) >= 11 is 0. The maximum atomic E-state index is 10.7. The number of esters is 1. The van der Waals surface area contributed by atoms with Gasteiger partial charge in [-0.25, -0.2) is 4.79 Å². The van der Waals surface area contributed by atoms with Crippen LogP contribution in [-0.2, 0) is 9.53 Å². The fraction of sp³-hybridized carbons (Fsp3) is 0.667. The lowest BCUT2D eigenvalue weighted by Gasteiger charge is -2.19. The van der Waals surface area contributed by atoms with E-state index >= 15 is 0 Å². The molecule has 16 heavy (non-hydrogen) atoms. The van der Waals surface area contributed by atoms with Gasteiger partial charge in [0.25, 0.3) is 0 Å². The molecule has 0 unspecified atom stereocenters. The summed E-state index contributed by atoms with van der Waals surface area (Å²) in [5.74, 6) is 0.185. The molecule has 0 spiro atoms. The SMILES string of the molecule is [N-]=[N+]=CC(=O)OCC=CCC1CCCCC1. The molecule has 0 aromatic heterocycles. The molecule has 0 N–H and O–H groups in total. The molecule has 0 bridgehead atoms. The number of nitrogens with zero attached hydrogens (tertiary/aromatic N) is 2. The molecule has 88 valence electrons. The standard InChI is InChI=1S/C12H18N2O2/c13-14-10-12(15)16-9-5-4-8-11-6-2-1-3-7-11/h4-5,10-11H,1-3,6-9H2. The van der Waals surface area contributed by atoms with Crippen molar-refractivity contribution in [3.05, 3.63) is 17.7 Å². The number of allylic oxidation sites excluding steroid dienone is 1. The summed E-state index contributed by atoms with van der Waals surface area (Å²) in [6.45, 7) is 0.248. The second-order valence-corrected chi connectivity index (χ2v) is 4.09. The number of hydrogen-bond donors (Lipinski definition) is 0. The second kappa shape index (κ2) is 7.83. The van der Waals surface area contributed by atoms with Crippen LogP contribution < -0.4 is 0 Å². The lowest BCUT2D eigenvalue weighted by molar-refractivity contribution is -0.137. The fourth-order valence-electron chi connectivity index (χ4n) is 1.99. The zero-order chi connectivity index (χ0) is 11.6. The van der Waals surface area contributed by atoms with E-state index in [0.717, 1.165) is 18.6 Å². The Labute approximate surface area is 95.9 Å². The van der Waals surface area contributed by atoms with Crippen LogP contribution in [0.1, 0.15) is 38.5 Å². The van der Waals surface area contributed by atoms with Crippen molar-refractivity contribution < 1.29 is 14.3 Å². The third kappa shape index (κ3) is 5.47. The largest absolute Gasteiger partial charge is 0.453 e. The minimum Gasteiger partial charge on any atom is -0.453 e. The van der Waals surface area contributed by atoms with Gasteiger partial charge in [0, 0.05) is 0 Å². The quantitative estimate of drug-likeness (QED) is 0.236. The summed E-state index contributed by atoms with van der Waals surface area (Å²) in [5.41, 5.74) is 8.06. The molecule has 1 aliphatic rings. The van der Waals surface area contributed by atoms with Gasteiger partial charge in [-0.1, -0.05) is 44.3 Å². The van der Waals surface area contributed by atoms with Crippen LogP contribution >= 0.6 is 0 Å². The normalized spacial score (nSPS) is 17.0. The molecule has 0 aliphatic heterocycles. The average molecular weight is 222 g/mol. The summed E-state index contributed by atoms with van der Waals surface area (Å²) in [5, 5.41) is 0. The van der Waals surface area contributed by atoms with E-state index < -0.39 is 5.97 Å². The molecular weight excluding hydrogens is 204 g/mol. The summed E-state index contributed by atoms with van der Waals surface area (Å²) in [6, 6.07) is 0. The third-order valence-electron chi connectivity index (χ3n) is 2.85. The Kier molecular flexibility index (Phi) is 6.19. The first-order chi connectivity index (χ1) is 7.83. The van der Waals surface area contributed by atoms with E-state index in [1.54, 1.807) is 0 Å². The predicted octanol–water partition coefficient (Wildman–Crippen LogP) is 2.36. The molecule has 1 rings (SSSR count). The Morgan fingerprint density at radius 3 is 2.75 bits per heavy atom. The number of carbonyl (C=O) groups excluding carboxylic acids is 1. The van der Waals surface area contributed by atoms with Crippen LogP contribution in [0, 0.1) is 5.92 Å². The van der Waals surface area contributed by atoms with E-state index in [1.807, 2.05) is 6.08 Å². The van der Waals surface area contributed by atoms with Gasteiger partial charge in [0.15, 0.2) is 0 Å². The van der Waals surface area contributed by atoms with E-state index in [4.69, 9.17) is 10.3 Å². The van der Waals surface area contributed by atoms with E-state index in [0.29, 0.717) is 0 Å². The highest BCUT2D eigenvalue weighted by molar-refractivity contribution is 6.20. The predicted molar refractivity (Wildman–Crippen MR) is 61.0 cm³/mol. The molecule has 1 aliphatic carbocycles. The van der Waals surface area contributed by atoms with E-state index in [9.17, 15) is 4.79 Å². The summed E-state index contributed by atoms with van der Waals surface area (Å²) < 4.78 is 4.74.